The zero-order valence-electron chi connectivity index (χ0n) is 75.3. The van der Waals surface area contributed by atoms with Crippen LogP contribution in [0, 0.1) is 312 Å². The van der Waals surface area contributed by atoms with Crippen LogP contribution in [0.5, 0.6) is 0 Å². The second kappa shape index (κ2) is 39.2. The minimum absolute atomic E-state index is 0.862. The molecule has 0 spiro atoms. The molecule has 0 aliphatic carbocycles. The van der Waals surface area contributed by atoms with Crippen molar-refractivity contribution in [1.29, 1.82) is 0 Å². The fraction of sp³-hybridized carbons (Fsp3) is 0.479. The summed E-state index contributed by atoms with van der Waals surface area (Å²) in [5.41, 5.74) is 54.4. The van der Waals surface area contributed by atoms with E-state index in [0.717, 1.165) is 120 Å². The summed E-state index contributed by atoms with van der Waals surface area (Å²) in [7, 11) is 0. The van der Waals surface area contributed by atoms with Crippen molar-refractivity contribution in [1.82, 2.24) is 64.8 Å². The first kappa shape index (κ1) is 92.2. The smallest absolute Gasteiger partial charge is 0.125 e. The van der Waals surface area contributed by atoms with Crippen molar-refractivity contribution >= 4 is 21.8 Å². The Hall–Kier alpha value is -8.97. The van der Waals surface area contributed by atoms with Crippen LogP contribution in [0.4, 0.5) is 0 Å². The topological polar surface area (TPSA) is 168 Å². The lowest BCUT2D eigenvalue weighted by atomic mass is 9.90. The van der Waals surface area contributed by atoms with Crippen LogP contribution < -0.4 is 0 Å². The van der Waals surface area contributed by atoms with Gasteiger partial charge in [-0.2, -0.15) is 0 Å². The molecule has 0 saturated heterocycles. The number of pyridine rings is 5. The van der Waals surface area contributed by atoms with Crippen LogP contribution in [0.1, 0.15) is 253 Å². The summed E-state index contributed by atoms with van der Waals surface area (Å²) in [6.45, 7) is 94.1. The van der Waals surface area contributed by atoms with Crippen LogP contribution in [0.25, 0.3) is 21.8 Å². The highest BCUT2D eigenvalue weighted by molar-refractivity contribution is 5.92. The summed E-state index contributed by atoms with van der Waals surface area (Å²) < 4.78 is 0. The zero-order valence-corrected chi connectivity index (χ0v) is 75.3. The number of hydrogen-bond acceptors (Lipinski definition) is 13. The highest BCUT2D eigenvalue weighted by Gasteiger charge is 2.17. The molecule has 0 bridgehead atoms. The maximum absolute atomic E-state index is 4.80. The molecule has 9 aromatic heterocycles. The van der Waals surface area contributed by atoms with E-state index in [0.29, 0.717) is 0 Å². The number of hydrogen-bond donors (Lipinski definition) is 0. The quantitative estimate of drug-likeness (QED) is 0.141. The van der Waals surface area contributed by atoms with E-state index in [2.05, 4.69) is 256 Å². The summed E-state index contributed by atoms with van der Waals surface area (Å²) >= 11 is 0. The Balaban J connectivity index is 0.000000315. The molecule has 11 aromatic rings. The summed E-state index contributed by atoms with van der Waals surface area (Å²) in [5, 5.41) is 2.71. The third-order valence-electron chi connectivity index (χ3n) is 23.4. The predicted molar refractivity (Wildman–Crippen MR) is 457 cm³/mol. The molecule has 576 valence electrons. The summed E-state index contributed by atoms with van der Waals surface area (Å²) in [5.74, 6) is 2.59. The van der Waals surface area contributed by atoms with Crippen LogP contribution in [0.3, 0.4) is 0 Å². The molecule has 2 aromatic carbocycles. The molecule has 0 radical (unpaired) electrons. The van der Waals surface area contributed by atoms with E-state index in [1.54, 1.807) is 0 Å². The minimum atomic E-state index is 0.862. The van der Waals surface area contributed by atoms with Crippen LogP contribution in [-0.4, -0.2) is 64.8 Å². The van der Waals surface area contributed by atoms with Crippen LogP contribution >= 0.6 is 0 Å². The van der Waals surface area contributed by atoms with Crippen molar-refractivity contribution in [2.75, 3.05) is 0 Å². The van der Waals surface area contributed by atoms with Gasteiger partial charge in [0.05, 0.1) is 33.8 Å². The van der Waals surface area contributed by atoms with Gasteiger partial charge in [-0.25, -0.2) is 29.9 Å². The minimum Gasteiger partial charge on any atom is -0.258 e. The molecule has 0 unspecified atom stereocenters. The fourth-order valence-corrected chi connectivity index (χ4v) is 12.6. The van der Waals surface area contributed by atoms with Gasteiger partial charge in [0.2, 0.25) is 0 Å². The normalized spacial score (nSPS) is 10.5. The van der Waals surface area contributed by atoms with Crippen molar-refractivity contribution in [3.8, 4) is 0 Å². The monoisotopic (exact) mass is 1450 g/mol. The Morgan fingerprint density at radius 1 is 0.0935 bits per heavy atom. The molecule has 0 saturated carbocycles. The molecule has 11 rings (SSSR count). The molecule has 0 N–H and O–H groups in total. The number of nitrogens with zero attached hydrogens (tertiary/aromatic N) is 13. The highest BCUT2D eigenvalue weighted by Crippen LogP contribution is 2.34. The van der Waals surface area contributed by atoms with E-state index >= 15 is 0 Å². The number of fused-ring (bicyclic) bond motifs is 2. The van der Waals surface area contributed by atoms with Crippen LogP contribution in [-0.2, 0) is 0 Å². The summed E-state index contributed by atoms with van der Waals surface area (Å²) in [6.07, 6.45) is 0. The van der Waals surface area contributed by atoms with Gasteiger partial charge >= 0.3 is 0 Å². The van der Waals surface area contributed by atoms with Gasteiger partial charge in [-0.05, 0) is 445 Å². The zero-order chi connectivity index (χ0) is 82.5. The maximum Gasteiger partial charge on any atom is 0.125 e. The average Bonchev–Trinajstić information content (AvgIpc) is 0.760. The lowest BCUT2D eigenvalue weighted by molar-refractivity contribution is 0.948. The van der Waals surface area contributed by atoms with Crippen molar-refractivity contribution in [3.63, 3.8) is 0 Å². The largest absolute Gasteiger partial charge is 0.258 e. The second-order valence-electron chi connectivity index (χ2n) is 30.1. The maximum atomic E-state index is 4.80. The molecule has 0 amide bonds. The first-order valence-electron chi connectivity index (χ1n) is 37.8. The van der Waals surface area contributed by atoms with Gasteiger partial charge in [-0.15, -0.1) is 0 Å². The molecule has 13 heteroatoms. The molecular weight excluding hydrogens is 1310 g/mol. The Morgan fingerprint density at radius 3 is 0.402 bits per heavy atom. The number of aromatic nitrogens is 13. The van der Waals surface area contributed by atoms with E-state index in [1.165, 1.54) is 155 Å². The van der Waals surface area contributed by atoms with E-state index in [-0.39, 0.29) is 0 Å². The predicted octanol–water partition coefficient (Wildman–Crippen LogP) is 23.5. The lowest BCUT2D eigenvalue weighted by Gasteiger charge is -2.17. The van der Waals surface area contributed by atoms with Crippen molar-refractivity contribution in [2.24, 2.45) is 0 Å². The van der Waals surface area contributed by atoms with Gasteiger partial charge < -0.3 is 0 Å². The summed E-state index contributed by atoms with van der Waals surface area (Å²) in [4.78, 5) is 56.9. The van der Waals surface area contributed by atoms with E-state index in [1.807, 2.05) is 111 Å². The molecule has 107 heavy (non-hydrogen) atoms. The SMILES string of the molecule is Cc1nc(C)c(C)c(C)c1C.Cc1nc(C)c(C)c(C)c1C.Cc1nc(C)c(C)c(C)c1C.Cc1nc(C)c(C)c(C)n1.Cc1nc(C)c(C)c(C)n1.Cc1nc(C)c(C)c(C)n1.Cc1nc(C)c(C)nc1C.Cc1nc2c(C)c(C)c(C)c(C)c2c(C)c1C.Cc1nc2c(C)c(C)c(C)c(C)c2c(C)c1C. The number of benzene rings is 2. The molecule has 0 aliphatic heterocycles. The van der Waals surface area contributed by atoms with E-state index in [9.17, 15) is 0 Å². The Bertz CT molecular complexity index is 4480. The lowest BCUT2D eigenvalue weighted by Crippen LogP contribution is -2.01. The Kier molecular flexibility index (Phi) is 33.8. The molecule has 9 heterocycles. The number of aryl methyl sites for hydroxylation is 27. The van der Waals surface area contributed by atoms with Gasteiger partial charge in [0.15, 0.2) is 0 Å². The second-order valence-corrected chi connectivity index (χ2v) is 30.1. The summed E-state index contributed by atoms with van der Waals surface area (Å²) in [6, 6.07) is 0. The van der Waals surface area contributed by atoms with Crippen LogP contribution in [0.2, 0.25) is 0 Å². The fourth-order valence-electron chi connectivity index (χ4n) is 12.6. The first-order chi connectivity index (χ1) is 49.3. The van der Waals surface area contributed by atoms with Crippen molar-refractivity contribution < 1.29 is 0 Å². The average molecular weight is 1450 g/mol. The van der Waals surface area contributed by atoms with E-state index in [4.69, 9.17) is 9.97 Å². The van der Waals surface area contributed by atoms with Gasteiger partial charge in [-0.3, -0.25) is 34.9 Å². The Labute approximate surface area is 648 Å². The standard InChI is InChI=1S/2C16H21N.3C10H15N.4C8H12N2/c2*1-8-9(2)13(6)16-15(11(8)4)12(5)10(3)14(7)17-16;3*1-6-7(2)9(4)11-10(5)8(6)3;1-5-6(2)10-8(4)7(3)9-5;3*1-5-6(2)9-8(4)10-7(5)3/h2*1-7H3;3*1-5H3;4*1-4H3. The van der Waals surface area contributed by atoms with Crippen molar-refractivity contribution in [2.45, 2.75) is 312 Å². The van der Waals surface area contributed by atoms with Gasteiger partial charge in [-0.1, -0.05) is 0 Å². The Morgan fingerprint density at radius 2 is 0.215 bits per heavy atom. The van der Waals surface area contributed by atoms with Gasteiger partial charge in [0, 0.05) is 90.5 Å². The van der Waals surface area contributed by atoms with Crippen molar-refractivity contribution in [3.05, 3.63) is 253 Å². The molecular formula is C94H135N13. The molecule has 13 nitrogen and oxygen atoms in total. The molecule has 0 fully saturated rings. The van der Waals surface area contributed by atoms with E-state index < -0.39 is 0 Å². The molecule has 0 aliphatic rings. The molecule has 0 atom stereocenters. The third kappa shape index (κ3) is 23.0. The van der Waals surface area contributed by atoms with Gasteiger partial charge in [0.1, 0.15) is 17.5 Å². The number of rotatable bonds is 0. The highest BCUT2D eigenvalue weighted by atomic mass is 14.9. The van der Waals surface area contributed by atoms with Gasteiger partial charge in [0.25, 0.3) is 0 Å². The first-order valence-corrected chi connectivity index (χ1v) is 37.8. The van der Waals surface area contributed by atoms with Crippen LogP contribution in [0.15, 0.2) is 0 Å². The third-order valence-corrected chi connectivity index (χ3v) is 23.4.